The van der Waals surface area contributed by atoms with Crippen LogP contribution in [0.25, 0.3) is 0 Å². The molecule has 0 aromatic heterocycles. The van der Waals surface area contributed by atoms with E-state index in [0.717, 1.165) is 37.1 Å². The van der Waals surface area contributed by atoms with Crippen molar-refractivity contribution >= 4 is 23.5 Å². The Morgan fingerprint density at radius 3 is 2.24 bits per heavy atom. The first-order chi connectivity index (χ1) is 16.5. The van der Waals surface area contributed by atoms with E-state index in [0.29, 0.717) is 30.4 Å². The number of hydrogen-bond acceptors (Lipinski definition) is 5. The SMILES string of the molecule is CCOc1ccc(C(=O)NCCC(=O)Nc2ccc(C3CCC(CC(=O)OC)CC3)cc2)cc1. The van der Waals surface area contributed by atoms with Crippen molar-refractivity contribution in [2.75, 3.05) is 25.6 Å². The molecule has 182 valence electrons. The first-order valence-electron chi connectivity index (χ1n) is 12.0. The highest BCUT2D eigenvalue weighted by molar-refractivity contribution is 5.95. The summed E-state index contributed by atoms with van der Waals surface area (Å²) in [6.45, 7) is 2.73. The Kier molecular flexibility index (Phi) is 9.50. The summed E-state index contributed by atoms with van der Waals surface area (Å²) in [6, 6.07) is 14.9. The summed E-state index contributed by atoms with van der Waals surface area (Å²) in [7, 11) is 1.44. The van der Waals surface area contributed by atoms with E-state index < -0.39 is 0 Å². The van der Waals surface area contributed by atoms with Gasteiger partial charge in [-0.15, -0.1) is 0 Å². The Hall–Kier alpha value is -3.35. The molecule has 0 atom stereocenters. The standard InChI is InChI=1S/C27H34N2O5/c1-3-34-24-14-10-22(11-15-24)27(32)28-17-16-25(30)29-23-12-8-21(9-13-23)20-6-4-19(5-7-20)18-26(31)33-2/h8-15,19-20H,3-7,16-18H2,1-2H3,(H,28,32)(H,29,30). The first kappa shape index (κ1) is 25.3. The van der Waals surface area contributed by atoms with Crippen LogP contribution in [0.3, 0.4) is 0 Å². The molecule has 7 nitrogen and oxygen atoms in total. The number of anilines is 1. The van der Waals surface area contributed by atoms with Gasteiger partial charge in [-0.25, -0.2) is 0 Å². The van der Waals surface area contributed by atoms with Crippen molar-refractivity contribution in [1.29, 1.82) is 0 Å². The average Bonchev–Trinajstić information content (AvgIpc) is 2.85. The molecule has 3 rings (SSSR count). The molecule has 2 aromatic rings. The molecule has 1 aliphatic rings. The molecule has 0 radical (unpaired) electrons. The molecule has 1 fully saturated rings. The van der Waals surface area contributed by atoms with Crippen LogP contribution in [0.15, 0.2) is 48.5 Å². The number of benzene rings is 2. The van der Waals surface area contributed by atoms with E-state index >= 15 is 0 Å². The molecule has 7 heteroatoms. The van der Waals surface area contributed by atoms with Crippen LogP contribution >= 0.6 is 0 Å². The summed E-state index contributed by atoms with van der Waals surface area (Å²) in [4.78, 5) is 36.0. The number of amides is 2. The smallest absolute Gasteiger partial charge is 0.305 e. The molecular weight excluding hydrogens is 432 g/mol. The van der Waals surface area contributed by atoms with Crippen molar-refractivity contribution in [3.05, 3.63) is 59.7 Å². The maximum atomic E-state index is 12.3. The largest absolute Gasteiger partial charge is 0.494 e. The van der Waals surface area contributed by atoms with Crippen molar-refractivity contribution in [2.45, 2.75) is 51.4 Å². The van der Waals surface area contributed by atoms with Crippen LogP contribution in [0.2, 0.25) is 0 Å². The molecule has 1 saturated carbocycles. The zero-order valence-corrected chi connectivity index (χ0v) is 20.0. The summed E-state index contributed by atoms with van der Waals surface area (Å²) in [6.07, 6.45) is 4.87. The molecule has 0 aliphatic heterocycles. The molecule has 0 unspecified atom stereocenters. The fraction of sp³-hybridized carbons (Fsp3) is 0.444. The molecule has 2 amide bonds. The topological polar surface area (TPSA) is 93.7 Å². The van der Waals surface area contributed by atoms with Crippen molar-refractivity contribution < 1.29 is 23.9 Å². The van der Waals surface area contributed by atoms with Gasteiger partial charge in [0.15, 0.2) is 0 Å². The van der Waals surface area contributed by atoms with E-state index in [9.17, 15) is 14.4 Å². The Morgan fingerprint density at radius 1 is 0.941 bits per heavy atom. The van der Waals surface area contributed by atoms with Crippen LogP contribution in [0, 0.1) is 5.92 Å². The Labute approximate surface area is 201 Å². The summed E-state index contributed by atoms with van der Waals surface area (Å²) in [5.41, 5.74) is 2.53. The Bertz CT molecular complexity index is 948. The minimum Gasteiger partial charge on any atom is -0.494 e. The lowest BCUT2D eigenvalue weighted by Gasteiger charge is -2.28. The normalized spacial score (nSPS) is 17.5. The van der Waals surface area contributed by atoms with Gasteiger partial charge in [0.1, 0.15) is 5.75 Å². The van der Waals surface area contributed by atoms with Gasteiger partial charge >= 0.3 is 5.97 Å². The second-order valence-corrected chi connectivity index (χ2v) is 8.63. The van der Waals surface area contributed by atoms with Gasteiger partial charge in [-0.05, 0) is 86.4 Å². The minimum atomic E-state index is -0.221. The van der Waals surface area contributed by atoms with Crippen molar-refractivity contribution in [3.8, 4) is 5.75 Å². The highest BCUT2D eigenvalue weighted by atomic mass is 16.5. The van der Waals surface area contributed by atoms with Crippen LogP contribution in [-0.4, -0.2) is 38.0 Å². The summed E-state index contributed by atoms with van der Waals surface area (Å²) < 4.78 is 10.2. The van der Waals surface area contributed by atoms with Crippen LogP contribution in [0.1, 0.15) is 67.3 Å². The molecule has 1 aliphatic carbocycles. The van der Waals surface area contributed by atoms with E-state index in [1.54, 1.807) is 24.3 Å². The van der Waals surface area contributed by atoms with Crippen molar-refractivity contribution in [3.63, 3.8) is 0 Å². The van der Waals surface area contributed by atoms with Crippen LogP contribution in [0.5, 0.6) is 5.75 Å². The van der Waals surface area contributed by atoms with Crippen LogP contribution < -0.4 is 15.4 Å². The van der Waals surface area contributed by atoms with E-state index in [-0.39, 0.29) is 30.7 Å². The third-order valence-electron chi connectivity index (χ3n) is 6.26. The lowest BCUT2D eigenvalue weighted by atomic mass is 9.77. The van der Waals surface area contributed by atoms with Gasteiger partial charge in [-0.3, -0.25) is 14.4 Å². The van der Waals surface area contributed by atoms with Gasteiger partial charge in [0.2, 0.25) is 5.91 Å². The molecule has 0 spiro atoms. The highest BCUT2D eigenvalue weighted by Crippen LogP contribution is 2.37. The average molecular weight is 467 g/mol. The summed E-state index contributed by atoms with van der Waals surface area (Å²) in [5.74, 6) is 1.12. The molecule has 0 heterocycles. The highest BCUT2D eigenvalue weighted by Gasteiger charge is 2.24. The molecule has 34 heavy (non-hydrogen) atoms. The molecule has 0 saturated heterocycles. The first-order valence-corrected chi connectivity index (χ1v) is 12.0. The van der Waals surface area contributed by atoms with Crippen molar-refractivity contribution in [2.24, 2.45) is 5.92 Å². The summed E-state index contributed by atoms with van der Waals surface area (Å²) in [5, 5.41) is 5.65. The number of esters is 1. The predicted molar refractivity (Wildman–Crippen MR) is 131 cm³/mol. The van der Waals surface area contributed by atoms with Crippen LogP contribution in [-0.2, 0) is 14.3 Å². The van der Waals surface area contributed by atoms with Gasteiger partial charge in [0, 0.05) is 30.6 Å². The van der Waals surface area contributed by atoms with Gasteiger partial charge in [-0.1, -0.05) is 12.1 Å². The molecule has 2 N–H and O–H groups in total. The number of methoxy groups -OCH3 is 1. The number of carbonyl (C=O) groups is 3. The van der Waals surface area contributed by atoms with E-state index in [2.05, 4.69) is 22.8 Å². The minimum absolute atomic E-state index is 0.126. The second kappa shape index (κ2) is 12.8. The molecule has 2 aromatic carbocycles. The van der Waals surface area contributed by atoms with E-state index in [1.165, 1.54) is 12.7 Å². The fourth-order valence-corrected chi connectivity index (χ4v) is 4.34. The van der Waals surface area contributed by atoms with E-state index in [4.69, 9.17) is 9.47 Å². The van der Waals surface area contributed by atoms with Crippen LogP contribution in [0.4, 0.5) is 5.69 Å². The van der Waals surface area contributed by atoms with Gasteiger partial charge < -0.3 is 20.1 Å². The van der Waals surface area contributed by atoms with Crippen molar-refractivity contribution in [1.82, 2.24) is 5.32 Å². The predicted octanol–water partition coefficient (Wildman–Crippen LogP) is 4.68. The lowest BCUT2D eigenvalue weighted by molar-refractivity contribution is -0.142. The fourth-order valence-electron chi connectivity index (χ4n) is 4.34. The maximum Gasteiger partial charge on any atom is 0.305 e. The van der Waals surface area contributed by atoms with Gasteiger partial charge in [0.05, 0.1) is 13.7 Å². The molecule has 0 bridgehead atoms. The third-order valence-corrected chi connectivity index (χ3v) is 6.26. The third kappa shape index (κ3) is 7.61. The van der Waals surface area contributed by atoms with Gasteiger partial charge in [-0.2, -0.15) is 0 Å². The quantitative estimate of drug-likeness (QED) is 0.496. The zero-order chi connectivity index (χ0) is 24.3. The Morgan fingerprint density at radius 2 is 1.62 bits per heavy atom. The molecular formula is C27H34N2O5. The number of nitrogens with one attached hydrogen (secondary N) is 2. The Balaban J connectivity index is 1.38. The number of carbonyl (C=O) groups excluding carboxylic acids is 3. The number of hydrogen-bond donors (Lipinski definition) is 2. The zero-order valence-electron chi connectivity index (χ0n) is 20.0. The van der Waals surface area contributed by atoms with Gasteiger partial charge in [0.25, 0.3) is 5.91 Å². The lowest BCUT2D eigenvalue weighted by Crippen LogP contribution is -2.27. The maximum absolute atomic E-state index is 12.3. The summed E-state index contributed by atoms with van der Waals surface area (Å²) >= 11 is 0. The number of rotatable bonds is 10. The number of ether oxygens (including phenoxy) is 2. The second-order valence-electron chi connectivity index (χ2n) is 8.63. The monoisotopic (exact) mass is 466 g/mol. The van der Waals surface area contributed by atoms with E-state index in [1.807, 2.05) is 19.1 Å².